The molecular weight excluding hydrogens is 397 g/mol. The highest BCUT2D eigenvalue weighted by molar-refractivity contribution is 6.30. The number of phenols is 1. The lowest BCUT2D eigenvalue weighted by atomic mass is 9.75. The number of carboxylic acid groups (broad SMARTS) is 1. The Bertz CT molecular complexity index is 1140. The van der Waals surface area contributed by atoms with Crippen molar-refractivity contribution in [3.8, 4) is 5.75 Å². The molecule has 3 aromatic rings. The van der Waals surface area contributed by atoms with Crippen molar-refractivity contribution in [1.82, 2.24) is 4.57 Å². The minimum atomic E-state index is -1.03. The fourth-order valence-electron chi connectivity index (χ4n) is 3.74. The largest absolute Gasteiger partial charge is 0.508 e. The van der Waals surface area contributed by atoms with Gasteiger partial charge in [-0.25, -0.2) is 4.39 Å². The third-order valence-corrected chi connectivity index (χ3v) is 5.31. The topological polar surface area (TPSA) is 79.5 Å². The Morgan fingerprint density at radius 1 is 1.14 bits per heavy atom. The minimum Gasteiger partial charge on any atom is -0.508 e. The predicted octanol–water partition coefficient (Wildman–Crippen LogP) is 5.35. The molecule has 0 saturated carbocycles. The Hall–Kier alpha value is -2.86. The van der Waals surface area contributed by atoms with E-state index in [9.17, 15) is 24.2 Å². The smallest absolute Gasteiger partial charge is 0.311 e. The number of carboxylic acids is 1. The summed E-state index contributed by atoms with van der Waals surface area (Å²) in [4.78, 5) is 25.4. The van der Waals surface area contributed by atoms with Crippen LogP contribution in [0.2, 0.25) is 5.02 Å². The minimum absolute atomic E-state index is 0.0427. The maximum Gasteiger partial charge on any atom is 0.311 e. The first-order chi connectivity index (χ1) is 13.4. The van der Waals surface area contributed by atoms with E-state index in [-0.39, 0.29) is 16.3 Å². The Kier molecular flexibility index (Phi) is 5.17. The van der Waals surface area contributed by atoms with E-state index in [4.69, 9.17) is 11.6 Å². The molecule has 2 aromatic carbocycles. The second-order valence-corrected chi connectivity index (χ2v) is 8.51. The van der Waals surface area contributed by atoms with E-state index in [1.807, 2.05) is 0 Å². The van der Waals surface area contributed by atoms with Gasteiger partial charge >= 0.3 is 5.97 Å². The molecule has 2 N–H and O–H groups in total. The van der Waals surface area contributed by atoms with E-state index in [1.54, 1.807) is 33.8 Å². The number of hydrogen-bond acceptors (Lipinski definition) is 3. The molecule has 29 heavy (non-hydrogen) atoms. The maximum absolute atomic E-state index is 13.9. The Morgan fingerprint density at radius 2 is 1.79 bits per heavy atom. The van der Waals surface area contributed by atoms with Gasteiger partial charge in [0.15, 0.2) is 0 Å². The second kappa shape index (κ2) is 7.19. The van der Waals surface area contributed by atoms with E-state index in [1.165, 1.54) is 28.8 Å². The van der Waals surface area contributed by atoms with Crippen molar-refractivity contribution >= 4 is 34.4 Å². The highest BCUT2D eigenvalue weighted by Crippen LogP contribution is 2.42. The van der Waals surface area contributed by atoms with Gasteiger partial charge in [0.25, 0.3) is 5.91 Å². The van der Waals surface area contributed by atoms with E-state index < -0.39 is 29.0 Å². The van der Waals surface area contributed by atoms with Crippen LogP contribution in [-0.4, -0.2) is 26.7 Å². The third-order valence-electron chi connectivity index (χ3n) is 5.01. The molecule has 152 valence electrons. The maximum atomic E-state index is 13.9. The molecule has 0 aliphatic carbocycles. The molecule has 7 heteroatoms. The number of benzene rings is 2. The molecule has 0 aliphatic rings. The molecule has 3 rings (SSSR count). The fourth-order valence-corrected chi connectivity index (χ4v) is 3.86. The number of fused-ring (bicyclic) bond motifs is 1. The van der Waals surface area contributed by atoms with Crippen LogP contribution < -0.4 is 0 Å². The van der Waals surface area contributed by atoms with Crippen LogP contribution in [0.25, 0.3) is 10.9 Å². The molecule has 0 spiro atoms. The van der Waals surface area contributed by atoms with Crippen molar-refractivity contribution in [2.24, 2.45) is 5.41 Å². The molecule has 0 bridgehead atoms. The Morgan fingerprint density at radius 3 is 2.34 bits per heavy atom. The van der Waals surface area contributed by atoms with Gasteiger partial charge in [-0.1, -0.05) is 32.4 Å². The number of carbonyl (C=O) groups excluding carboxylic acids is 1. The van der Waals surface area contributed by atoms with Gasteiger partial charge in [0.2, 0.25) is 0 Å². The SMILES string of the molecule is Cc1c(C(C(=O)O)C(C)(C)C)c2cc(O)ccc2n1C(=O)c1ccc(Cl)c(F)c1. The first kappa shape index (κ1) is 20.9. The molecule has 5 nitrogen and oxygen atoms in total. The van der Waals surface area contributed by atoms with Crippen LogP contribution in [0, 0.1) is 18.2 Å². The van der Waals surface area contributed by atoms with Crippen LogP contribution in [0.4, 0.5) is 4.39 Å². The first-order valence-corrected chi connectivity index (χ1v) is 9.37. The molecule has 1 aromatic heterocycles. The highest BCUT2D eigenvalue weighted by atomic mass is 35.5. The Balaban J connectivity index is 2.34. The monoisotopic (exact) mass is 417 g/mol. The fraction of sp³-hybridized carbons (Fsp3) is 0.273. The van der Waals surface area contributed by atoms with Crippen LogP contribution in [0.15, 0.2) is 36.4 Å². The van der Waals surface area contributed by atoms with E-state index in [0.29, 0.717) is 22.2 Å². The molecule has 0 aliphatic heterocycles. The number of nitrogens with zero attached hydrogens (tertiary/aromatic N) is 1. The average molecular weight is 418 g/mol. The van der Waals surface area contributed by atoms with Crippen molar-refractivity contribution in [3.05, 3.63) is 64.1 Å². The molecule has 0 amide bonds. The first-order valence-electron chi connectivity index (χ1n) is 9.00. The van der Waals surface area contributed by atoms with Gasteiger partial charge in [-0.3, -0.25) is 14.2 Å². The van der Waals surface area contributed by atoms with Crippen LogP contribution in [-0.2, 0) is 4.79 Å². The van der Waals surface area contributed by atoms with Crippen molar-refractivity contribution in [2.45, 2.75) is 33.6 Å². The van der Waals surface area contributed by atoms with Gasteiger partial charge in [-0.15, -0.1) is 0 Å². The molecule has 1 heterocycles. The van der Waals surface area contributed by atoms with E-state index >= 15 is 0 Å². The zero-order chi connectivity index (χ0) is 21.7. The van der Waals surface area contributed by atoms with Crippen LogP contribution in [0.1, 0.15) is 48.3 Å². The van der Waals surface area contributed by atoms with Gasteiger partial charge in [-0.05, 0) is 54.3 Å². The predicted molar refractivity (Wildman–Crippen MR) is 109 cm³/mol. The number of aromatic hydroxyl groups is 1. The van der Waals surface area contributed by atoms with Gasteiger partial charge < -0.3 is 10.2 Å². The molecule has 0 fully saturated rings. The number of carbonyl (C=O) groups is 2. The molecular formula is C22H21ClFNO4. The number of phenolic OH excluding ortho intramolecular Hbond substituents is 1. The zero-order valence-corrected chi connectivity index (χ0v) is 17.2. The van der Waals surface area contributed by atoms with Gasteiger partial charge in [0.1, 0.15) is 11.6 Å². The van der Waals surface area contributed by atoms with Gasteiger partial charge in [-0.2, -0.15) is 0 Å². The standard InChI is InChI=1S/C22H21ClFNO4/c1-11-18(19(21(28)29)22(2,3)4)14-10-13(26)6-8-17(14)25(11)20(27)12-5-7-15(23)16(24)9-12/h5-10,19,26H,1-4H3,(H,28,29). The summed E-state index contributed by atoms with van der Waals surface area (Å²) in [6.07, 6.45) is 0. The van der Waals surface area contributed by atoms with E-state index in [2.05, 4.69) is 0 Å². The summed E-state index contributed by atoms with van der Waals surface area (Å²) < 4.78 is 15.3. The summed E-state index contributed by atoms with van der Waals surface area (Å²) in [5.74, 6) is -3.24. The number of rotatable bonds is 3. The summed E-state index contributed by atoms with van der Waals surface area (Å²) in [6.45, 7) is 7.05. The number of hydrogen-bond donors (Lipinski definition) is 2. The lowest BCUT2D eigenvalue weighted by Gasteiger charge is -2.27. The zero-order valence-electron chi connectivity index (χ0n) is 16.5. The number of aliphatic carboxylic acids is 1. The van der Waals surface area contributed by atoms with Crippen LogP contribution in [0.3, 0.4) is 0 Å². The number of aromatic nitrogens is 1. The van der Waals surface area contributed by atoms with Gasteiger partial charge in [0.05, 0.1) is 16.5 Å². The third kappa shape index (κ3) is 3.60. The normalized spacial score (nSPS) is 12.9. The van der Waals surface area contributed by atoms with Crippen molar-refractivity contribution in [1.29, 1.82) is 0 Å². The molecule has 1 atom stereocenters. The molecule has 0 radical (unpaired) electrons. The molecule has 0 saturated heterocycles. The average Bonchev–Trinajstić information content (AvgIpc) is 2.87. The summed E-state index contributed by atoms with van der Waals surface area (Å²) >= 11 is 5.72. The second-order valence-electron chi connectivity index (χ2n) is 8.11. The van der Waals surface area contributed by atoms with Crippen LogP contribution >= 0.6 is 11.6 Å². The summed E-state index contributed by atoms with van der Waals surface area (Å²) in [5.41, 5.74) is 0.726. The lowest BCUT2D eigenvalue weighted by Crippen LogP contribution is -2.27. The summed E-state index contributed by atoms with van der Waals surface area (Å²) in [5, 5.41) is 20.3. The lowest BCUT2D eigenvalue weighted by molar-refractivity contribution is -0.141. The van der Waals surface area contributed by atoms with Crippen molar-refractivity contribution in [2.75, 3.05) is 0 Å². The quantitative estimate of drug-likeness (QED) is 0.602. The molecule has 1 unspecified atom stereocenters. The summed E-state index contributed by atoms with van der Waals surface area (Å²) in [6, 6.07) is 8.18. The van der Waals surface area contributed by atoms with Crippen molar-refractivity contribution < 1.29 is 24.2 Å². The van der Waals surface area contributed by atoms with E-state index in [0.717, 1.165) is 6.07 Å². The van der Waals surface area contributed by atoms with Crippen LogP contribution in [0.5, 0.6) is 5.75 Å². The van der Waals surface area contributed by atoms with Crippen molar-refractivity contribution in [3.63, 3.8) is 0 Å². The Labute approximate surface area is 172 Å². The number of halogens is 2. The summed E-state index contributed by atoms with van der Waals surface area (Å²) in [7, 11) is 0. The van der Waals surface area contributed by atoms with Gasteiger partial charge in [0, 0.05) is 16.6 Å². The highest BCUT2D eigenvalue weighted by Gasteiger charge is 2.37.